The van der Waals surface area contributed by atoms with Crippen molar-refractivity contribution in [3.8, 4) is 0 Å². The third kappa shape index (κ3) is 7.55. The number of amides is 2. The Morgan fingerprint density at radius 1 is 1.03 bits per heavy atom. The van der Waals surface area contributed by atoms with Crippen molar-refractivity contribution in [2.24, 2.45) is 0 Å². The van der Waals surface area contributed by atoms with Crippen LogP contribution in [0.4, 0.5) is 4.39 Å². The van der Waals surface area contributed by atoms with E-state index in [9.17, 15) is 14.0 Å². The van der Waals surface area contributed by atoms with Gasteiger partial charge in [-0.05, 0) is 52.0 Å². The zero-order chi connectivity index (χ0) is 24.1. The highest BCUT2D eigenvalue weighted by atomic mass is 35.5. The number of hydrogen-bond donors (Lipinski definition) is 1. The molecule has 0 aliphatic rings. The lowest BCUT2D eigenvalue weighted by Gasteiger charge is -2.32. The van der Waals surface area contributed by atoms with E-state index in [1.807, 2.05) is 20.8 Å². The number of hydrogen-bond acceptors (Lipinski definition) is 3. The van der Waals surface area contributed by atoms with E-state index in [2.05, 4.69) is 5.32 Å². The Labute approximate surface area is 207 Å². The summed E-state index contributed by atoms with van der Waals surface area (Å²) < 4.78 is 14.0. The van der Waals surface area contributed by atoms with E-state index in [1.165, 1.54) is 28.8 Å². The fourth-order valence-electron chi connectivity index (χ4n) is 2.90. The fraction of sp³-hybridized carbons (Fsp3) is 0.391. The first-order valence-corrected chi connectivity index (χ1v) is 12.2. The van der Waals surface area contributed by atoms with Gasteiger partial charge in [-0.1, -0.05) is 46.9 Å². The predicted molar refractivity (Wildman–Crippen MR) is 132 cm³/mol. The number of nitrogens with zero attached hydrogens (tertiary/aromatic N) is 1. The zero-order valence-electron chi connectivity index (χ0n) is 18.3. The lowest BCUT2D eigenvalue weighted by atomic mass is 10.1. The van der Waals surface area contributed by atoms with Gasteiger partial charge in [-0.3, -0.25) is 9.59 Å². The van der Waals surface area contributed by atoms with Crippen molar-refractivity contribution in [1.29, 1.82) is 0 Å². The molecule has 0 aromatic heterocycles. The number of carbonyl (C=O) groups excluding carboxylic acids is 2. The van der Waals surface area contributed by atoms with Crippen LogP contribution in [-0.2, 0) is 21.9 Å². The summed E-state index contributed by atoms with van der Waals surface area (Å²) in [5.74, 6) is -0.762. The summed E-state index contributed by atoms with van der Waals surface area (Å²) in [6, 6.07) is 8.76. The second-order valence-corrected chi connectivity index (χ2v) is 10.5. The van der Waals surface area contributed by atoms with E-state index < -0.39 is 17.4 Å². The summed E-state index contributed by atoms with van der Waals surface area (Å²) in [5.41, 5.74) is 0.436. The maximum atomic E-state index is 14.0. The standard InChI is InChI=1S/C23H26Cl3FN2O2S/c1-14(22(31)28-23(2,3)4)29(11-15-17(24)7-5-8-18(15)25)21(30)13-32-12-16-19(26)9-6-10-20(16)27/h5-10,14H,11-13H2,1-4H3,(H,28,31)/t14-/m1/s1. The molecule has 0 aliphatic carbocycles. The predicted octanol–water partition coefficient (Wildman–Crippen LogP) is 6.35. The van der Waals surface area contributed by atoms with Crippen molar-refractivity contribution in [2.75, 3.05) is 5.75 Å². The lowest BCUT2D eigenvalue weighted by Crippen LogP contribution is -2.52. The maximum Gasteiger partial charge on any atom is 0.242 e. The second-order valence-electron chi connectivity index (χ2n) is 8.33. The average Bonchev–Trinajstić information content (AvgIpc) is 2.68. The van der Waals surface area contributed by atoms with Crippen molar-refractivity contribution in [3.63, 3.8) is 0 Å². The van der Waals surface area contributed by atoms with Gasteiger partial charge >= 0.3 is 0 Å². The summed E-state index contributed by atoms with van der Waals surface area (Å²) in [7, 11) is 0. The molecule has 0 aliphatic heterocycles. The smallest absolute Gasteiger partial charge is 0.242 e. The Hall–Kier alpha value is -1.47. The van der Waals surface area contributed by atoms with E-state index in [0.717, 1.165) is 0 Å². The molecule has 0 heterocycles. The van der Waals surface area contributed by atoms with Gasteiger partial charge in [-0.25, -0.2) is 4.39 Å². The van der Waals surface area contributed by atoms with Crippen LogP contribution in [0, 0.1) is 5.82 Å². The third-order valence-corrected chi connectivity index (χ3v) is 6.60. The molecule has 174 valence electrons. The van der Waals surface area contributed by atoms with Crippen LogP contribution in [-0.4, -0.2) is 34.0 Å². The van der Waals surface area contributed by atoms with E-state index in [1.54, 1.807) is 31.2 Å². The summed E-state index contributed by atoms with van der Waals surface area (Å²) >= 11 is 19.9. The van der Waals surface area contributed by atoms with Gasteiger partial charge in [-0.2, -0.15) is 0 Å². The number of benzene rings is 2. The molecule has 4 nitrogen and oxygen atoms in total. The quantitative estimate of drug-likeness (QED) is 0.442. The molecular formula is C23H26Cl3FN2O2S. The number of carbonyl (C=O) groups is 2. The molecule has 0 unspecified atom stereocenters. The first kappa shape index (κ1) is 26.8. The minimum atomic E-state index is -0.772. The molecule has 2 amide bonds. The molecule has 0 radical (unpaired) electrons. The molecule has 2 aromatic rings. The van der Waals surface area contributed by atoms with Crippen LogP contribution in [0.2, 0.25) is 15.1 Å². The molecule has 2 rings (SSSR count). The SMILES string of the molecule is C[C@H](C(=O)NC(C)(C)C)N(Cc1c(Cl)cccc1Cl)C(=O)CSCc1c(F)cccc1Cl. The number of rotatable bonds is 8. The Morgan fingerprint density at radius 2 is 1.56 bits per heavy atom. The fourth-order valence-corrected chi connectivity index (χ4v) is 4.67. The van der Waals surface area contributed by atoms with Crippen LogP contribution >= 0.6 is 46.6 Å². The molecule has 0 saturated heterocycles. The monoisotopic (exact) mass is 518 g/mol. The molecule has 2 aromatic carbocycles. The van der Waals surface area contributed by atoms with E-state index in [0.29, 0.717) is 26.2 Å². The molecule has 1 atom stereocenters. The van der Waals surface area contributed by atoms with Crippen molar-refractivity contribution in [1.82, 2.24) is 10.2 Å². The van der Waals surface area contributed by atoms with Gasteiger partial charge in [0.25, 0.3) is 0 Å². The first-order chi connectivity index (χ1) is 14.9. The van der Waals surface area contributed by atoms with Gasteiger partial charge in [0, 0.05) is 44.0 Å². The molecular weight excluding hydrogens is 494 g/mol. The van der Waals surface area contributed by atoms with Crippen LogP contribution in [0.1, 0.15) is 38.8 Å². The molecule has 0 saturated carbocycles. The van der Waals surface area contributed by atoms with E-state index in [4.69, 9.17) is 34.8 Å². The van der Waals surface area contributed by atoms with Gasteiger partial charge < -0.3 is 10.2 Å². The van der Waals surface area contributed by atoms with Crippen molar-refractivity contribution >= 4 is 58.4 Å². The second kappa shape index (κ2) is 11.6. The Morgan fingerprint density at radius 3 is 2.09 bits per heavy atom. The highest BCUT2D eigenvalue weighted by Crippen LogP contribution is 2.28. The molecule has 0 spiro atoms. The molecule has 0 bridgehead atoms. The normalized spacial score (nSPS) is 12.4. The van der Waals surface area contributed by atoms with E-state index >= 15 is 0 Å². The molecule has 0 fully saturated rings. The van der Waals surface area contributed by atoms with Gasteiger partial charge in [-0.15, -0.1) is 11.8 Å². The number of nitrogens with one attached hydrogen (secondary N) is 1. The average molecular weight is 520 g/mol. The Balaban J connectivity index is 2.20. The van der Waals surface area contributed by atoms with Crippen molar-refractivity contribution < 1.29 is 14.0 Å². The molecule has 9 heteroatoms. The minimum absolute atomic E-state index is 0.0277. The van der Waals surface area contributed by atoms with Crippen molar-refractivity contribution in [2.45, 2.75) is 51.6 Å². The van der Waals surface area contributed by atoms with Crippen LogP contribution in [0.15, 0.2) is 36.4 Å². The van der Waals surface area contributed by atoms with Crippen LogP contribution in [0.5, 0.6) is 0 Å². The summed E-state index contributed by atoms with van der Waals surface area (Å²) in [5, 5.41) is 4.02. The summed E-state index contributed by atoms with van der Waals surface area (Å²) in [6.07, 6.45) is 0. The van der Waals surface area contributed by atoms with Gasteiger partial charge in [0.05, 0.1) is 5.75 Å². The Kier molecular flexibility index (Phi) is 9.70. The van der Waals surface area contributed by atoms with Crippen LogP contribution < -0.4 is 5.32 Å². The van der Waals surface area contributed by atoms with Crippen molar-refractivity contribution in [3.05, 3.63) is 68.4 Å². The summed E-state index contributed by atoms with van der Waals surface area (Å²) in [6.45, 7) is 7.31. The molecule has 32 heavy (non-hydrogen) atoms. The Bertz CT molecular complexity index is 942. The molecule has 1 N–H and O–H groups in total. The highest BCUT2D eigenvalue weighted by molar-refractivity contribution is 7.99. The number of thioether (sulfide) groups is 1. The highest BCUT2D eigenvalue weighted by Gasteiger charge is 2.29. The minimum Gasteiger partial charge on any atom is -0.350 e. The van der Waals surface area contributed by atoms with Gasteiger partial charge in [0.15, 0.2) is 0 Å². The topological polar surface area (TPSA) is 49.4 Å². The van der Waals surface area contributed by atoms with Crippen LogP contribution in [0.25, 0.3) is 0 Å². The first-order valence-electron chi connectivity index (χ1n) is 9.95. The van der Waals surface area contributed by atoms with Gasteiger partial charge in [0.2, 0.25) is 11.8 Å². The maximum absolute atomic E-state index is 14.0. The number of halogens is 4. The van der Waals surface area contributed by atoms with Gasteiger partial charge in [0.1, 0.15) is 11.9 Å². The summed E-state index contributed by atoms with van der Waals surface area (Å²) in [4.78, 5) is 27.4. The zero-order valence-corrected chi connectivity index (χ0v) is 21.4. The van der Waals surface area contributed by atoms with E-state index in [-0.39, 0.29) is 29.9 Å². The largest absolute Gasteiger partial charge is 0.350 e. The third-order valence-electron chi connectivity index (χ3n) is 4.59. The lowest BCUT2D eigenvalue weighted by molar-refractivity contribution is -0.139. The van der Waals surface area contributed by atoms with Crippen LogP contribution in [0.3, 0.4) is 0 Å².